The number of fused-ring (bicyclic) bond motifs is 6. The van der Waals surface area contributed by atoms with Crippen molar-refractivity contribution in [2.75, 3.05) is 68.3 Å². The molecule has 0 radical (unpaired) electrons. The van der Waals surface area contributed by atoms with Gasteiger partial charge in [0.15, 0.2) is 0 Å². The number of carbonyl (C=O) groups excluding carboxylic acids is 3. The number of nitrogens with one attached hydrogen (secondary N) is 2. The second-order valence-electron chi connectivity index (χ2n) is 17.9. The molecule has 3 amide bonds. The summed E-state index contributed by atoms with van der Waals surface area (Å²) in [5.74, 6) is 1.62. The summed E-state index contributed by atoms with van der Waals surface area (Å²) in [7, 11) is 7.58. The number of primary amides is 1. The Hall–Kier alpha value is -4.60. The van der Waals surface area contributed by atoms with E-state index in [0.717, 1.165) is 72.6 Å². The number of nitrogens with two attached hydrogens (primary N) is 1. The topological polar surface area (TPSA) is 184 Å². The zero-order chi connectivity index (χ0) is 46.7. The number of nitrogens with zero attached hydrogens (tertiary/aromatic N) is 8. The van der Waals surface area contributed by atoms with Crippen molar-refractivity contribution < 1.29 is 14.4 Å². The lowest BCUT2D eigenvalue weighted by atomic mass is 9.78. The predicted octanol–water partition coefficient (Wildman–Crippen LogP) is 7.05. The molecule has 20 heteroatoms. The Morgan fingerprint density at radius 1 is 0.612 bits per heavy atom. The van der Waals surface area contributed by atoms with Crippen molar-refractivity contribution in [3.8, 4) is 0 Å². The van der Waals surface area contributed by atoms with E-state index >= 15 is 0 Å². The van der Waals surface area contributed by atoms with Crippen LogP contribution in [0.2, 0.25) is 0 Å². The van der Waals surface area contributed by atoms with Crippen molar-refractivity contribution in [1.29, 1.82) is 0 Å². The molecule has 0 bridgehead atoms. The molecule has 0 saturated carbocycles. The van der Waals surface area contributed by atoms with E-state index in [1.807, 2.05) is 0 Å². The van der Waals surface area contributed by atoms with Gasteiger partial charge in [-0.25, -0.2) is 15.0 Å². The average Bonchev–Trinajstić information content (AvgIpc) is 4.17. The fourth-order valence-electron chi connectivity index (χ4n) is 8.98. The van der Waals surface area contributed by atoms with Crippen LogP contribution < -0.4 is 26.2 Å². The number of anilines is 2. The molecule has 0 fully saturated rings. The van der Waals surface area contributed by atoms with Crippen molar-refractivity contribution in [2.45, 2.75) is 69.5 Å². The van der Waals surface area contributed by atoms with E-state index in [4.69, 9.17) is 20.7 Å². The minimum Gasteiger partial charge on any atom is -0.374 e. The van der Waals surface area contributed by atoms with Crippen LogP contribution in [0, 0.1) is 0 Å². The van der Waals surface area contributed by atoms with Gasteiger partial charge in [0.05, 0.1) is 30.6 Å². The number of thiazole rings is 3. The van der Waals surface area contributed by atoms with E-state index in [2.05, 4.69) is 99.8 Å². The van der Waals surface area contributed by atoms with Crippen LogP contribution in [-0.2, 0) is 39.1 Å². The lowest BCUT2D eigenvalue weighted by Crippen LogP contribution is -2.34. The van der Waals surface area contributed by atoms with Crippen LogP contribution in [0.15, 0.2) is 51.4 Å². The minimum absolute atomic E-state index is 0.0161. The summed E-state index contributed by atoms with van der Waals surface area (Å²) in [5.41, 5.74) is 16.9. The van der Waals surface area contributed by atoms with Crippen LogP contribution in [0.5, 0.6) is 0 Å². The first-order chi connectivity index (χ1) is 32.2. The van der Waals surface area contributed by atoms with Crippen molar-refractivity contribution >= 4 is 144 Å². The molecule has 8 heterocycles. The van der Waals surface area contributed by atoms with Crippen molar-refractivity contribution in [3.05, 3.63) is 73.7 Å². The minimum atomic E-state index is -0.421. The Morgan fingerprint density at radius 3 is 1.61 bits per heavy atom. The molecule has 12 rings (SSSR count). The maximum absolute atomic E-state index is 11.7. The Balaban J connectivity index is 0.000000118. The predicted molar refractivity (Wildman–Crippen MR) is 284 cm³/mol. The van der Waals surface area contributed by atoms with Gasteiger partial charge < -0.3 is 26.2 Å². The first-order valence-corrected chi connectivity index (χ1v) is 27.7. The Morgan fingerprint density at radius 2 is 1.07 bits per heavy atom. The summed E-state index contributed by atoms with van der Waals surface area (Å²) in [6, 6.07) is 12.4. The maximum Gasteiger partial charge on any atom is 0.245 e. The highest BCUT2D eigenvalue weighted by molar-refractivity contribution is 8.15. The number of aliphatic imine (C=N–C) groups is 3. The second-order valence-corrected chi connectivity index (χ2v) is 24.0. The number of rotatable bonds is 6. The Kier molecular flexibility index (Phi) is 12.9. The van der Waals surface area contributed by atoms with Gasteiger partial charge in [0, 0.05) is 69.9 Å². The number of aromatic nitrogens is 3. The Bertz CT molecular complexity index is 3040. The molecule has 6 aromatic rings. The van der Waals surface area contributed by atoms with Crippen LogP contribution in [0.4, 0.5) is 11.4 Å². The highest BCUT2D eigenvalue weighted by atomic mass is 32.2. The third-order valence-electron chi connectivity index (χ3n) is 13.0. The molecular formula is C47H51N11O3S6. The molecule has 5 aliphatic heterocycles. The van der Waals surface area contributed by atoms with Gasteiger partial charge in [0.2, 0.25) is 17.7 Å². The fraction of sp³-hybridized carbons (Fsp3) is 0.426. The summed E-state index contributed by atoms with van der Waals surface area (Å²) in [6.07, 6.45) is 5.85. The molecule has 0 spiro atoms. The molecule has 3 aromatic carbocycles. The smallest absolute Gasteiger partial charge is 0.245 e. The first kappa shape index (κ1) is 46.1. The third-order valence-corrected chi connectivity index (χ3v) is 19.6. The highest BCUT2D eigenvalue weighted by Gasteiger charge is 2.33. The van der Waals surface area contributed by atoms with Crippen LogP contribution in [0.1, 0.15) is 64.0 Å². The van der Waals surface area contributed by atoms with Gasteiger partial charge in [-0.15, -0.1) is 69.3 Å². The summed E-state index contributed by atoms with van der Waals surface area (Å²) < 4.78 is 3.59. The van der Waals surface area contributed by atoms with Gasteiger partial charge in [-0.2, -0.15) is 0 Å². The molecule has 0 saturated heterocycles. The molecule has 1 aliphatic carbocycles. The zero-order valence-electron chi connectivity index (χ0n) is 38.1. The van der Waals surface area contributed by atoms with E-state index in [0.29, 0.717) is 17.3 Å². The van der Waals surface area contributed by atoms with Gasteiger partial charge in [0.25, 0.3) is 0 Å². The Labute approximate surface area is 413 Å². The van der Waals surface area contributed by atoms with E-state index in [-0.39, 0.29) is 35.2 Å². The number of hydrogen-bond acceptors (Lipinski definition) is 17. The zero-order valence-corrected chi connectivity index (χ0v) is 43.0. The molecule has 14 nitrogen and oxygen atoms in total. The van der Waals surface area contributed by atoms with Crippen molar-refractivity contribution in [1.82, 2.24) is 25.6 Å². The molecule has 67 heavy (non-hydrogen) atoms. The van der Waals surface area contributed by atoms with E-state index in [1.54, 1.807) is 83.4 Å². The van der Waals surface area contributed by atoms with E-state index in [1.165, 1.54) is 67.0 Å². The van der Waals surface area contributed by atoms with Crippen LogP contribution in [0.25, 0.3) is 30.6 Å². The van der Waals surface area contributed by atoms with Gasteiger partial charge >= 0.3 is 0 Å². The molecule has 4 N–H and O–H groups in total. The lowest BCUT2D eigenvalue weighted by Gasteiger charge is -2.38. The highest BCUT2D eigenvalue weighted by Crippen LogP contribution is 2.43. The number of amides is 3. The number of benzene rings is 3. The second kappa shape index (κ2) is 18.7. The van der Waals surface area contributed by atoms with Crippen LogP contribution in [-0.4, -0.2) is 124 Å². The third kappa shape index (κ3) is 9.21. The van der Waals surface area contributed by atoms with Gasteiger partial charge in [0.1, 0.15) is 48.3 Å². The summed E-state index contributed by atoms with van der Waals surface area (Å²) in [4.78, 5) is 67.0. The molecule has 6 aliphatic rings. The molecular weight excluding hydrogens is 959 g/mol. The van der Waals surface area contributed by atoms with Crippen molar-refractivity contribution in [3.63, 3.8) is 0 Å². The van der Waals surface area contributed by atoms with E-state index in [9.17, 15) is 14.4 Å². The summed E-state index contributed by atoms with van der Waals surface area (Å²) in [6.45, 7) is 6.74. The molecule has 0 unspecified atom stereocenters. The van der Waals surface area contributed by atoms with Crippen LogP contribution >= 0.6 is 69.3 Å². The van der Waals surface area contributed by atoms with Gasteiger partial charge in [-0.1, -0.05) is 13.8 Å². The number of aryl methyl sites for hydroxylation is 2. The average molecular weight is 1010 g/mol. The fourth-order valence-corrected chi connectivity index (χ4v) is 15.3. The summed E-state index contributed by atoms with van der Waals surface area (Å²) in [5, 5.41) is 10.7. The molecule has 3 aromatic heterocycles. The number of carbonyl (C=O) groups is 3. The number of thioether (sulfide) groups is 3. The molecule has 3 atom stereocenters. The van der Waals surface area contributed by atoms with Gasteiger partial charge in [-0.05, 0) is 96.2 Å². The summed E-state index contributed by atoms with van der Waals surface area (Å²) >= 11 is 9.80. The van der Waals surface area contributed by atoms with Crippen LogP contribution in [0.3, 0.4) is 0 Å². The monoisotopic (exact) mass is 1010 g/mol. The SMILES string of the molecule is CN1CCC(C)(C)c2cc3nc(C4=N[C@@H](C(N)=O)CS4)sc3cc21.CNC(=O)[C@H]1CSC(c2nc3cc4c(cc3s2)CCC4)=N1.CNC(=O)[C@H]1CSC(c2nc3cc4c(cc3s2)N(C)CC4)=N1. The maximum atomic E-state index is 11.7. The quantitative estimate of drug-likeness (QED) is 0.156. The standard InChI is InChI=1S/C17H20N4OS2.C15H16N4OS2.C15H15N3OS2/c1-17(2)4-5-21(3)12-7-13-10(6-9(12)17)19-16(24-13)15-20-11(8-23-15)14(18)22;1-16-13(20)10-7-21-14(18-10)15-17-9-5-8-3-4-19(2)11(8)6-12(9)22-15;1-16-13(19)11-7-20-14(18-11)15-17-10-5-8-3-2-4-9(8)6-12(10)21-15/h6-7,11H,4-5,8H2,1-3H3,(H2,18,22);5-6,10H,3-4,7H2,1-2H3,(H,16,20);5-6,11H,2-4,7H2,1H3,(H,16,19)/t11-;10-;11-/m111/s1. The normalized spacial score (nSPS) is 21.2. The number of likely N-dealkylation sites (N-methyl/N-ethyl adjacent to an activating group) is 3. The first-order valence-electron chi connectivity index (χ1n) is 22.3. The van der Waals surface area contributed by atoms with Crippen molar-refractivity contribution in [2.24, 2.45) is 20.7 Å². The largest absolute Gasteiger partial charge is 0.374 e. The lowest BCUT2D eigenvalue weighted by molar-refractivity contribution is -0.122. The van der Waals surface area contributed by atoms with Gasteiger partial charge in [-0.3, -0.25) is 29.4 Å². The molecule has 348 valence electrons. The van der Waals surface area contributed by atoms with E-state index < -0.39 is 6.04 Å². The number of hydrogen-bond donors (Lipinski definition) is 3.